The van der Waals surface area contributed by atoms with Gasteiger partial charge in [0.1, 0.15) is 6.61 Å². The maximum atomic E-state index is 11.3. The number of amides is 2. The van der Waals surface area contributed by atoms with Crippen molar-refractivity contribution in [3.8, 4) is 0 Å². The van der Waals surface area contributed by atoms with Crippen LogP contribution in [-0.4, -0.2) is 24.8 Å². The number of hydrogen-bond donors (Lipinski definition) is 2. The summed E-state index contributed by atoms with van der Waals surface area (Å²) < 4.78 is 4.83. The van der Waals surface area contributed by atoms with E-state index in [1.165, 1.54) is 6.92 Å². The molecule has 2 N–H and O–H groups in total. The van der Waals surface area contributed by atoms with Gasteiger partial charge in [0.25, 0.3) is 0 Å². The van der Waals surface area contributed by atoms with E-state index in [1.807, 2.05) is 0 Å². The highest BCUT2D eigenvalue weighted by atomic mass is 16.5. The molecule has 0 fully saturated rings. The molecule has 1 aromatic carbocycles. The summed E-state index contributed by atoms with van der Waals surface area (Å²) in [6.45, 7) is 1.48. The fourth-order valence-corrected chi connectivity index (χ4v) is 1.21. The Bertz CT molecular complexity index is 428. The third-order valence-electron chi connectivity index (χ3n) is 2.03. The van der Waals surface area contributed by atoms with E-state index in [0.29, 0.717) is 12.1 Å². The summed E-state index contributed by atoms with van der Waals surface area (Å²) in [7, 11) is 0. The summed E-state index contributed by atoms with van der Waals surface area (Å²) >= 11 is 0. The SMILES string of the molecule is CC(=O)OCc1ccc(NC(=O)CNC=O)cc1. The van der Waals surface area contributed by atoms with Crippen LogP contribution in [0, 0.1) is 0 Å². The molecule has 2 amide bonds. The van der Waals surface area contributed by atoms with Gasteiger partial charge in [-0.2, -0.15) is 0 Å². The van der Waals surface area contributed by atoms with Crippen molar-refractivity contribution in [1.82, 2.24) is 5.32 Å². The minimum absolute atomic E-state index is 0.0707. The van der Waals surface area contributed by atoms with Gasteiger partial charge in [0.15, 0.2) is 0 Å². The lowest BCUT2D eigenvalue weighted by atomic mass is 10.2. The smallest absolute Gasteiger partial charge is 0.302 e. The zero-order valence-corrected chi connectivity index (χ0v) is 9.93. The van der Waals surface area contributed by atoms with Crippen LogP contribution in [0.1, 0.15) is 12.5 Å². The number of hydrogen-bond acceptors (Lipinski definition) is 4. The average Bonchev–Trinajstić information content (AvgIpc) is 2.35. The molecule has 0 aliphatic heterocycles. The van der Waals surface area contributed by atoms with Gasteiger partial charge < -0.3 is 15.4 Å². The third-order valence-corrected chi connectivity index (χ3v) is 2.03. The molecule has 6 nitrogen and oxygen atoms in total. The zero-order valence-electron chi connectivity index (χ0n) is 9.93. The minimum Gasteiger partial charge on any atom is -0.461 e. The quantitative estimate of drug-likeness (QED) is 0.566. The second kappa shape index (κ2) is 7.05. The van der Waals surface area contributed by atoms with E-state index >= 15 is 0 Å². The molecule has 0 aromatic heterocycles. The number of ether oxygens (including phenoxy) is 1. The molecule has 0 bridgehead atoms. The van der Waals surface area contributed by atoms with Crippen LogP contribution in [0.25, 0.3) is 0 Å². The van der Waals surface area contributed by atoms with Gasteiger partial charge in [-0.1, -0.05) is 12.1 Å². The molecular formula is C12H14N2O4. The van der Waals surface area contributed by atoms with E-state index in [-0.39, 0.29) is 25.0 Å². The Hall–Kier alpha value is -2.37. The van der Waals surface area contributed by atoms with Crippen molar-refractivity contribution in [2.75, 3.05) is 11.9 Å². The summed E-state index contributed by atoms with van der Waals surface area (Å²) in [6.07, 6.45) is 0.460. The molecule has 0 aliphatic carbocycles. The van der Waals surface area contributed by atoms with Crippen LogP contribution in [0.4, 0.5) is 5.69 Å². The lowest BCUT2D eigenvalue weighted by Crippen LogP contribution is -2.26. The van der Waals surface area contributed by atoms with Crippen molar-refractivity contribution < 1.29 is 19.1 Å². The van der Waals surface area contributed by atoms with E-state index in [0.717, 1.165) is 5.56 Å². The predicted molar refractivity (Wildman–Crippen MR) is 64.6 cm³/mol. The van der Waals surface area contributed by atoms with Crippen LogP contribution in [0.5, 0.6) is 0 Å². The first-order chi connectivity index (χ1) is 8.61. The summed E-state index contributed by atoms with van der Waals surface area (Å²) in [4.78, 5) is 31.9. The maximum absolute atomic E-state index is 11.3. The molecule has 1 aromatic rings. The van der Waals surface area contributed by atoms with Gasteiger partial charge in [-0.05, 0) is 17.7 Å². The van der Waals surface area contributed by atoms with Gasteiger partial charge in [-0.3, -0.25) is 14.4 Å². The number of anilines is 1. The highest BCUT2D eigenvalue weighted by Crippen LogP contribution is 2.10. The Morgan fingerprint density at radius 1 is 1.28 bits per heavy atom. The average molecular weight is 250 g/mol. The first kappa shape index (κ1) is 13.7. The van der Waals surface area contributed by atoms with Crippen LogP contribution < -0.4 is 10.6 Å². The number of nitrogens with one attached hydrogen (secondary N) is 2. The Labute approximate surface area is 104 Å². The zero-order chi connectivity index (χ0) is 13.4. The van der Waals surface area contributed by atoms with Crippen LogP contribution in [0.2, 0.25) is 0 Å². The lowest BCUT2D eigenvalue weighted by molar-refractivity contribution is -0.142. The molecule has 0 spiro atoms. The molecule has 0 atom stereocenters. The van der Waals surface area contributed by atoms with E-state index in [2.05, 4.69) is 10.6 Å². The minimum atomic E-state index is -0.340. The largest absolute Gasteiger partial charge is 0.461 e. The normalized spacial score (nSPS) is 9.39. The molecule has 6 heteroatoms. The van der Waals surface area contributed by atoms with Crippen molar-refractivity contribution in [3.63, 3.8) is 0 Å². The molecule has 18 heavy (non-hydrogen) atoms. The Kier molecular flexibility index (Phi) is 5.37. The van der Waals surface area contributed by atoms with Gasteiger partial charge in [0.05, 0.1) is 6.54 Å². The van der Waals surface area contributed by atoms with Crippen molar-refractivity contribution >= 4 is 24.0 Å². The monoisotopic (exact) mass is 250 g/mol. The van der Waals surface area contributed by atoms with Gasteiger partial charge in [-0.15, -0.1) is 0 Å². The summed E-state index contributed by atoms with van der Waals surface area (Å²) in [5.41, 5.74) is 1.44. The van der Waals surface area contributed by atoms with Crippen molar-refractivity contribution in [2.24, 2.45) is 0 Å². The highest BCUT2D eigenvalue weighted by Gasteiger charge is 2.01. The standard InChI is InChI=1S/C12H14N2O4/c1-9(16)18-7-10-2-4-11(5-3-10)14-12(17)6-13-8-15/h2-5,8H,6-7H2,1H3,(H,13,15)(H,14,17). The summed E-state index contributed by atoms with van der Waals surface area (Å²) in [5.74, 6) is -0.651. The van der Waals surface area contributed by atoms with E-state index in [9.17, 15) is 14.4 Å². The van der Waals surface area contributed by atoms with Crippen molar-refractivity contribution in [2.45, 2.75) is 13.5 Å². The van der Waals surface area contributed by atoms with Gasteiger partial charge in [-0.25, -0.2) is 0 Å². The van der Waals surface area contributed by atoms with E-state index in [1.54, 1.807) is 24.3 Å². The van der Waals surface area contributed by atoms with Crippen LogP contribution >= 0.6 is 0 Å². The number of benzene rings is 1. The third kappa shape index (κ3) is 5.11. The number of esters is 1. The van der Waals surface area contributed by atoms with Crippen LogP contribution in [-0.2, 0) is 25.7 Å². The van der Waals surface area contributed by atoms with Gasteiger partial charge in [0, 0.05) is 12.6 Å². The topological polar surface area (TPSA) is 84.5 Å². The molecule has 0 radical (unpaired) electrons. The second-order valence-corrected chi connectivity index (χ2v) is 3.52. The molecule has 0 saturated heterocycles. The van der Waals surface area contributed by atoms with Gasteiger partial charge >= 0.3 is 5.97 Å². The van der Waals surface area contributed by atoms with Gasteiger partial charge in [0.2, 0.25) is 12.3 Å². The fourth-order valence-electron chi connectivity index (χ4n) is 1.21. The fraction of sp³-hybridized carbons (Fsp3) is 0.250. The Morgan fingerprint density at radius 2 is 1.94 bits per heavy atom. The Morgan fingerprint density at radius 3 is 2.50 bits per heavy atom. The van der Waals surface area contributed by atoms with Crippen LogP contribution in [0.15, 0.2) is 24.3 Å². The molecular weight excluding hydrogens is 236 g/mol. The molecule has 0 saturated carbocycles. The molecule has 1 rings (SSSR count). The molecule has 0 heterocycles. The predicted octanol–water partition coefficient (Wildman–Crippen LogP) is 0.434. The first-order valence-electron chi connectivity index (χ1n) is 5.31. The molecule has 0 unspecified atom stereocenters. The molecule has 0 aliphatic rings. The summed E-state index contributed by atoms with van der Waals surface area (Å²) in [6, 6.07) is 6.87. The van der Waals surface area contributed by atoms with E-state index in [4.69, 9.17) is 4.74 Å². The Balaban J connectivity index is 2.46. The van der Waals surface area contributed by atoms with Crippen molar-refractivity contribution in [3.05, 3.63) is 29.8 Å². The molecule has 96 valence electrons. The lowest BCUT2D eigenvalue weighted by Gasteiger charge is -2.06. The summed E-state index contributed by atoms with van der Waals surface area (Å²) in [5, 5.41) is 4.86. The number of carbonyl (C=O) groups is 3. The number of rotatable bonds is 6. The van der Waals surface area contributed by atoms with E-state index < -0.39 is 0 Å². The highest BCUT2D eigenvalue weighted by molar-refractivity contribution is 5.93. The second-order valence-electron chi connectivity index (χ2n) is 3.52. The first-order valence-corrected chi connectivity index (χ1v) is 5.31. The maximum Gasteiger partial charge on any atom is 0.302 e. The van der Waals surface area contributed by atoms with Crippen LogP contribution in [0.3, 0.4) is 0 Å². The number of carbonyl (C=O) groups excluding carboxylic acids is 3. The van der Waals surface area contributed by atoms with Crippen molar-refractivity contribution in [1.29, 1.82) is 0 Å².